The molecule has 174 valence electrons. The first-order valence-electron chi connectivity index (χ1n) is 12.9. The number of nitriles is 1. The normalized spacial score (nSPS) is 26.8. The van der Waals surface area contributed by atoms with Gasteiger partial charge in [0.25, 0.3) is 0 Å². The molecule has 0 atom stereocenters. The topological polar surface area (TPSA) is 50.8 Å². The van der Waals surface area contributed by atoms with Gasteiger partial charge in [0.2, 0.25) is 0 Å². The molecule has 1 aromatic heterocycles. The Balaban J connectivity index is 1.37. The molecule has 3 aromatic rings. The van der Waals surface area contributed by atoms with Gasteiger partial charge in [0.15, 0.2) is 0 Å². The minimum Gasteiger partial charge on any atom is -0.368 e. The van der Waals surface area contributed by atoms with Gasteiger partial charge in [0.05, 0.1) is 29.5 Å². The zero-order valence-electron chi connectivity index (χ0n) is 19.8. The molecule has 3 aliphatic rings. The van der Waals surface area contributed by atoms with Gasteiger partial charge in [-0.05, 0) is 74.8 Å². The van der Waals surface area contributed by atoms with Crippen LogP contribution in [0.1, 0.15) is 62.6 Å². The quantitative estimate of drug-likeness (QED) is 0.387. The number of rotatable bonds is 8. The van der Waals surface area contributed by atoms with Gasteiger partial charge in [0.1, 0.15) is 5.60 Å². The number of nitrogens with zero attached hydrogens (tertiary/aromatic N) is 3. The third kappa shape index (κ3) is 4.18. The molecule has 0 unspecified atom stereocenters. The molecule has 4 heteroatoms. The van der Waals surface area contributed by atoms with Crippen molar-refractivity contribution in [3.05, 3.63) is 78.0 Å². The Morgan fingerprint density at radius 2 is 1.53 bits per heavy atom. The fourth-order valence-electron chi connectivity index (χ4n) is 5.56. The van der Waals surface area contributed by atoms with Crippen LogP contribution in [0.2, 0.25) is 0 Å². The SMILES string of the molecule is N#CC1(c2ccccc2)CCC(OCC2CC2)(c2cc(-c3ccccc3)nn2CC2CC2)CC1. The van der Waals surface area contributed by atoms with Crippen molar-refractivity contribution in [2.75, 3.05) is 6.61 Å². The van der Waals surface area contributed by atoms with Crippen LogP contribution in [0.25, 0.3) is 11.3 Å². The van der Waals surface area contributed by atoms with Gasteiger partial charge in [-0.25, -0.2) is 0 Å². The minimum absolute atomic E-state index is 0.368. The van der Waals surface area contributed by atoms with Crippen LogP contribution in [-0.2, 0) is 22.3 Å². The number of ether oxygens (including phenoxy) is 1. The van der Waals surface area contributed by atoms with Crippen molar-refractivity contribution in [1.82, 2.24) is 9.78 Å². The fourth-order valence-corrected chi connectivity index (χ4v) is 5.56. The minimum atomic E-state index is -0.433. The zero-order valence-corrected chi connectivity index (χ0v) is 19.8. The van der Waals surface area contributed by atoms with E-state index in [1.807, 2.05) is 6.07 Å². The lowest BCUT2D eigenvalue weighted by Gasteiger charge is -2.44. The van der Waals surface area contributed by atoms with Crippen LogP contribution >= 0.6 is 0 Å². The maximum absolute atomic E-state index is 10.3. The summed E-state index contributed by atoms with van der Waals surface area (Å²) in [5, 5.41) is 15.4. The van der Waals surface area contributed by atoms with Crippen LogP contribution in [0.5, 0.6) is 0 Å². The highest BCUT2D eigenvalue weighted by Gasteiger charge is 2.48. The first-order chi connectivity index (χ1) is 16.7. The van der Waals surface area contributed by atoms with Gasteiger partial charge in [-0.1, -0.05) is 60.7 Å². The van der Waals surface area contributed by atoms with Gasteiger partial charge < -0.3 is 4.74 Å². The predicted octanol–water partition coefficient (Wildman–Crippen LogP) is 6.62. The summed E-state index contributed by atoms with van der Waals surface area (Å²) in [6.45, 7) is 1.79. The third-order valence-electron chi connectivity index (χ3n) is 8.19. The van der Waals surface area contributed by atoms with Crippen molar-refractivity contribution in [3.63, 3.8) is 0 Å². The Bertz CT molecular complexity index is 1160. The molecule has 34 heavy (non-hydrogen) atoms. The van der Waals surface area contributed by atoms with E-state index < -0.39 is 5.41 Å². The van der Waals surface area contributed by atoms with E-state index in [2.05, 4.69) is 71.4 Å². The molecule has 3 aliphatic carbocycles. The monoisotopic (exact) mass is 451 g/mol. The molecular weight excluding hydrogens is 418 g/mol. The lowest BCUT2D eigenvalue weighted by Crippen LogP contribution is -2.42. The number of benzene rings is 2. The number of hydrogen-bond donors (Lipinski definition) is 0. The first-order valence-corrected chi connectivity index (χ1v) is 12.9. The van der Waals surface area contributed by atoms with Gasteiger partial charge in [0, 0.05) is 12.1 Å². The summed E-state index contributed by atoms with van der Waals surface area (Å²) < 4.78 is 9.13. The van der Waals surface area contributed by atoms with E-state index in [0.29, 0.717) is 5.92 Å². The molecule has 0 radical (unpaired) electrons. The molecule has 0 aliphatic heterocycles. The Kier molecular flexibility index (Phi) is 5.54. The van der Waals surface area contributed by atoms with Crippen LogP contribution in [-0.4, -0.2) is 16.4 Å². The highest BCUT2D eigenvalue weighted by Crippen LogP contribution is 2.50. The van der Waals surface area contributed by atoms with E-state index in [9.17, 15) is 5.26 Å². The van der Waals surface area contributed by atoms with Crippen LogP contribution in [0.4, 0.5) is 0 Å². The Hall–Kier alpha value is -2.90. The molecule has 0 spiro atoms. The molecule has 0 saturated heterocycles. The molecule has 2 aromatic carbocycles. The average molecular weight is 452 g/mol. The van der Waals surface area contributed by atoms with Gasteiger partial charge in [-0.2, -0.15) is 10.4 Å². The van der Waals surface area contributed by atoms with Crippen molar-refractivity contribution >= 4 is 0 Å². The summed E-state index contributed by atoms with van der Waals surface area (Å²) in [6, 6.07) is 25.9. The Morgan fingerprint density at radius 1 is 0.882 bits per heavy atom. The predicted molar refractivity (Wildman–Crippen MR) is 133 cm³/mol. The number of hydrogen-bond acceptors (Lipinski definition) is 3. The largest absolute Gasteiger partial charge is 0.368 e. The van der Waals surface area contributed by atoms with E-state index in [1.165, 1.54) is 31.4 Å². The van der Waals surface area contributed by atoms with Crippen molar-refractivity contribution in [2.24, 2.45) is 11.8 Å². The molecule has 6 rings (SSSR count). The maximum Gasteiger partial charge on any atom is 0.110 e. The first kappa shape index (κ1) is 21.6. The Morgan fingerprint density at radius 3 is 2.15 bits per heavy atom. The molecule has 0 bridgehead atoms. The molecule has 3 saturated carbocycles. The second-order valence-electron chi connectivity index (χ2n) is 10.7. The van der Waals surface area contributed by atoms with Crippen molar-refractivity contribution in [3.8, 4) is 17.3 Å². The highest BCUT2D eigenvalue weighted by molar-refractivity contribution is 5.59. The standard InChI is InChI=1S/C30H33N3O/c31-22-29(26-9-5-2-6-10-26)15-17-30(18-16-29,34-21-24-13-14-24)28-19-27(25-7-3-1-4-8-25)32-33(28)20-23-11-12-23/h1-10,19,23-24H,11-18,20-21H2. The van der Waals surface area contributed by atoms with Crippen molar-refractivity contribution in [2.45, 2.75) is 68.9 Å². The molecule has 0 amide bonds. The third-order valence-corrected chi connectivity index (χ3v) is 8.19. The molecule has 3 fully saturated rings. The zero-order chi connectivity index (χ0) is 23.0. The highest BCUT2D eigenvalue weighted by atomic mass is 16.5. The lowest BCUT2D eigenvalue weighted by molar-refractivity contribution is -0.0936. The summed E-state index contributed by atoms with van der Waals surface area (Å²) >= 11 is 0. The molecule has 1 heterocycles. The van der Waals surface area contributed by atoms with Crippen LogP contribution in [0.15, 0.2) is 66.7 Å². The van der Waals surface area contributed by atoms with Crippen molar-refractivity contribution < 1.29 is 4.74 Å². The van der Waals surface area contributed by atoms with Crippen LogP contribution < -0.4 is 0 Å². The van der Waals surface area contributed by atoms with Gasteiger partial charge in [-0.15, -0.1) is 0 Å². The van der Waals surface area contributed by atoms with Crippen molar-refractivity contribution in [1.29, 1.82) is 5.26 Å². The lowest BCUT2D eigenvalue weighted by atomic mass is 9.65. The molecular formula is C30H33N3O. The molecule has 4 nitrogen and oxygen atoms in total. The van der Waals surface area contributed by atoms with E-state index >= 15 is 0 Å². The summed E-state index contributed by atoms with van der Waals surface area (Å²) in [4.78, 5) is 0. The Labute approximate surface area is 202 Å². The van der Waals surface area contributed by atoms with E-state index in [-0.39, 0.29) is 5.60 Å². The number of aromatic nitrogens is 2. The van der Waals surface area contributed by atoms with Gasteiger partial charge in [-0.3, -0.25) is 4.68 Å². The van der Waals surface area contributed by atoms with E-state index in [1.54, 1.807) is 0 Å². The summed E-state index contributed by atoms with van der Waals surface area (Å²) in [7, 11) is 0. The summed E-state index contributed by atoms with van der Waals surface area (Å²) in [6.07, 6.45) is 8.47. The molecule has 0 N–H and O–H groups in total. The van der Waals surface area contributed by atoms with E-state index in [0.717, 1.165) is 61.6 Å². The van der Waals surface area contributed by atoms with Gasteiger partial charge >= 0.3 is 0 Å². The summed E-state index contributed by atoms with van der Waals surface area (Å²) in [5.74, 6) is 1.43. The maximum atomic E-state index is 10.3. The smallest absolute Gasteiger partial charge is 0.110 e. The summed E-state index contributed by atoms with van der Waals surface area (Å²) in [5.41, 5.74) is 3.75. The van der Waals surface area contributed by atoms with E-state index in [4.69, 9.17) is 9.84 Å². The average Bonchev–Trinajstić information content (AvgIpc) is 3.83. The van der Waals surface area contributed by atoms with Crippen LogP contribution in [0.3, 0.4) is 0 Å². The van der Waals surface area contributed by atoms with Crippen LogP contribution in [0, 0.1) is 23.2 Å². The fraction of sp³-hybridized carbons (Fsp3) is 0.467. The second-order valence-corrected chi connectivity index (χ2v) is 10.7. The second kappa shape index (κ2) is 8.71.